The normalized spacial score (nSPS) is 19.6. The standard InChI is InChI=1S/C19H35N3O2.HI/c1-3-20-18(21-14-9-4-6-10-17(23)24-2)22-15-13-19(16-22)11-7-5-8-12-19;/h3-16H2,1-2H3,(H,20,21);1H. The van der Waals surface area contributed by atoms with Gasteiger partial charge in [0.2, 0.25) is 0 Å². The van der Waals surface area contributed by atoms with Crippen molar-refractivity contribution >= 4 is 35.9 Å². The molecule has 2 aliphatic rings. The van der Waals surface area contributed by atoms with Gasteiger partial charge in [0.25, 0.3) is 0 Å². The third-order valence-corrected chi connectivity index (χ3v) is 5.52. The number of unbranched alkanes of at least 4 members (excludes halogenated alkanes) is 2. The molecule has 0 amide bonds. The molecule has 0 aromatic rings. The number of rotatable bonds is 7. The zero-order valence-electron chi connectivity index (χ0n) is 16.0. The summed E-state index contributed by atoms with van der Waals surface area (Å²) in [6.07, 6.45) is 11.8. The van der Waals surface area contributed by atoms with Gasteiger partial charge in [0.15, 0.2) is 5.96 Å². The van der Waals surface area contributed by atoms with Gasteiger partial charge in [-0.3, -0.25) is 9.79 Å². The molecule has 0 aromatic heterocycles. The van der Waals surface area contributed by atoms with Gasteiger partial charge in [-0.1, -0.05) is 25.7 Å². The molecule has 6 heteroatoms. The Balaban J connectivity index is 0.00000312. The van der Waals surface area contributed by atoms with Crippen molar-refractivity contribution in [2.45, 2.75) is 71.1 Å². The number of nitrogens with one attached hydrogen (secondary N) is 1. The zero-order chi connectivity index (χ0) is 17.3. The van der Waals surface area contributed by atoms with Crippen molar-refractivity contribution in [1.82, 2.24) is 10.2 Å². The van der Waals surface area contributed by atoms with Gasteiger partial charge in [-0.25, -0.2) is 0 Å². The van der Waals surface area contributed by atoms with Crippen molar-refractivity contribution in [3.8, 4) is 0 Å². The largest absolute Gasteiger partial charge is 0.469 e. The van der Waals surface area contributed by atoms with E-state index in [1.807, 2.05) is 0 Å². The quantitative estimate of drug-likeness (QED) is 0.203. The molecular weight excluding hydrogens is 429 g/mol. The molecule has 0 aromatic carbocycles. The second kappa shape index (κ2) is 12.0. The van der Waals surface area contributed by atoms with Crippen LogP contribution in [0, 0.1) is 5.41 Å². The molecule has 2 fully saturated rings. The van der Waals surface area contributed by atoms with E-state index in [-0.39, 0.29) is 29.9 Å². The van der Waals surface area contributed by atoms with E-state index in [9.17, 15) is 4.79 Å². The number of hydrogen-bond donors (Lipinski definition) is 1. The van der Waals surface area contributed by atoms with Gasteiger partial charge in [0.1, 0.15) is 0 Å². The molecule has 1 heterocycles. The number of aliphatic imine (C=N–C) groups is 1. The van der Waals surface area contributed by atoms with Gasteiger partial charge in [0.05, 0.1) is 7.11 Å². The molecule has 5 nitrogen and oxygen atoms in total. The number of esters is 1. The minimum Gasteiger partial charge on any atom is -0.469 e. The number of ether oxygens (including phenoxy) is 1. The average molecular weight is 465 g/mol. The molecule has 0 radical (unpaired) electrons. The van der Waals surface area contributed by atoms with Crippen molar-refractivity contribution < 1.29 is 9.53 Å². The minimum atomic E-state index is -0.110. The van der Waals surface area contributed by atoms with Crippen LogP contribution in [0.5, 0.6) is 0 Å². The Morgan fingerprint density at radius 3 is 2.60 bits per heavy atom. The lowest BCUT2D eigenvalue weighted by atomic mass is 9.73. The predicted octanol–water partition coefficient (Wildman–Crippen LogP) is 3.96. The smallest absolute Gasteiger partial charge is 0.305 e. The van der Waals surface area contributed by atoms with Crippen LogP contribution in [0.2, 0.25) is 0 Å². The second-order valence-corrected chi connectivity index (χ2v) is 7.35. The molecule has 1 aliphatic heterocycles. The average Bonchev–Trinajstić information content (AvgIpc) is 3.00. The number of guanidine groups is 1. The van der Waals surface area contributed by atoms with Gasteiger partial charge >= 0.3 is 5.97 Å². The number of likely N-dealkylation sites (tertiary alicyclic amines) is 1. The van der Waals surface area contributed by atoms with E-state index in [4.69, 9.17) is 4.99 Å². The van der Waals surface area contributed by atoms with Gasteiger partial charge in [0, 0.05) is 32.6 Å². The molecule has 25 heavy (non-hydrogen) atoms. The molecule has 0 atom stereocenters. The Labute approximate surface area is 170 Å². The summed E-state index contributed by atoms with van der Waals surface area (Å²) in [5.41, 5.74) is 0.564. The Hall–Kier alpha value is -0.530. The third kappa shape index (κ3) is 7.31. The molecule has 1 aliphatic carbocycles. The van der Waals surface area contributed by atoms with Crippen LogP contribution in [0.1, 0.15) is 71.1 Å². The Kier molecular flexibility index (Phi) is 10.8. The first-order valence-corrected chi connectivity index (χ1v) is 9.79. The van der Waals surface area contributed by atoms with Crippen LogP contribution in [-0.2, 0) is 9.53 Å². The number of nitrogens with zero attached hydrogens (tertiary/aromatic N) is 2. The topological polar surface area (TPSA) is 53.9 Å². The fourth-order valence-corrected chi connectivity index (χ4v) is 4.10. The summed E-state index contributed by atoms with van der Waals surface area (Å²) in [6.45, 7) is 6.23. The van der Waals surface area contributed by atoms with E-state index >= 15 is 0 Å². The highest BCUT2D eigenvalue weighted by Gasteiger charge is 2.39. The minimum absolute atomic E-state index is 0. The lowest BCUT2D eigenvalue weighted by Gasteiger charge is -2.33. The van der Waals surface area contributed by atoms with Crippen LogP contribution in [-0.4, -0.2) is 50.1 Å². The highest BCUT2D eigenvalue weighted by Crippen LogP contribution is 2.43. The first kappa shape index (κ1) is 22.5. The van der Waals surface area contributed by atoms with Crippen molar-refractivity contribution in [2.75, 3.05) is 33.3 Å². The van der Waals surface area contributed by atoms with Crippen LogP contribution in [0.15, 0.2) is 4.99 Å². The first-order valence-electron chi connectivity index (χ1n) is 9.79. The van der Waals surface area contributed by atoms with E-state index < -0.39 is 0 Å². The summed E-state index contributed by atoms with van der Waals surface area (Å²) in [4.78, 5) is 18.4. The van der Waals surface area contributed by atoms with Gasteiger partial charge < -0.3 is 15.0 Å². The Morgan fingerprint density at radius 1 is 1.16 bits per heavy atom. The Morgan fingerprint density at radius 2 is 1.92 bits per heavy atom. The maximum atomic E-state index is 11.1. The molecule has 1 saturated carbocycles. The third-order valence-electron chi connectivity index (χ3n) is 5.52. The number of hydrogen-bond acceptors (Lipinski definition) is 3. The van der Waals surface area contributed by atoms with E-state index in [1.54, 1.807) is 0 Å². The number of carbonyl (C=O) groups excluding carboxylic acids is 1. The van der Waals surface area contributed by atoms with Gasteiger partial charge in [-0.05, 0) is 44.4 Å². The van der Waals surface area contributed by atoms with Crippen LogP contribution in [0.25, 0.3) is 0 Å². The van der Waals surface area contributed by atoms with E-state index in [1.165, 1.54) is 52.2 Å². The predicted molar refractivity (Wildman–Crippen MR) is 114 cm³/mol. The van der Waals surface area contributed by atoms with Crippen molar-refractivity contribution in [2.24, 2.45) is 10.4 Å². The molecule has 2 rings (SSSR count). The highest BCUT2D eigenvalue weighted by atomic mass is 127. The fourth-order valence-electron chi connectivity index (χ4n) is 4.10. The maximum Gasteiger partial charge on any atom is 0.305 e. The fraction of sp³-hybridized carbons (Fsp3) is 0.895. The Bertz CT molecular complexity index is 423. The number of carbonyl (C=O) groups is 1. The van der Waals surface area contributed by atoms with Crippen LogP contribution < -0.4 is 5.32 Å². The molecule has 1 N–H and O–H groups in total. The van der Waals surface area contributed by atoms with Crippen molar-refractivity contribution in [1.29, 1.82) is 0 Å². The maximum absolute atomic E-state index is 11.1. The molecule has 146 valence electrons. The highest BCUT2D eigenvalue weighted by molar-refractivity contribution is 14.0. The zero-order valence-corrected chi connectivity index (χ0v) is 18.3. The van der Waals surface area contributed by atoms with Crippen molar-refractivity contribution in [3.05, 3.63) is 0 Å². The molecule has 1 saturated heterocycles. The molecular formula is C19H36IN3O2. The van der Waals surface area contributed by atoms with Gasteiger partial charge in [-0.15, -0.1) is 24.0 Å². The summed E-state index contributed by atoms with van der Waals surface area (Å²) in [5, 5.41) is 3.47. The summed E-state index contributed by atoms with van der Waals surface area (Å²) in [5.74, 6) is 0.981. The second-order valence-electron chi connectivity index (χ2n) is 7.35. The van der Waals surface area contributed by atoms with Crippen LogP contribution in [0.3, 0.4) is 0 Å². The summed E-state index contributed by atoms with van der Waals surface area (Å²) < 4.78 is 4.67. The van der Waals surface area contributed by atoms with Crippen molar-refractivity contribution in [3.63, 3.8) is 0 Å². The number of methoxy groups -OCH3 is 1. The monoisotopic (exact) mass is 465 g/mol. The lowest BCUT2D eigenvalue weighted by Crippen LogP contribution is -2.41. The van der Waals surface area contributed by atoms with E-state index in [0.29, 0.717) is 11.8 Å². The van der Waals surface area contributed by atoms with E-state index in [0.717, 1.165) is 44.9 Å². The summed E-state index contributed by atoms with van der Waals surface area (Å²) in [6, 6.07) is 0. The van der Waals surface area contributed by atoms with Gasteiger partial charge in [-0.2, -0.15) is 0 Å². The lowest BCUT2D eigenvalue weighted by molar-refractivity contribution is -0.140. The molecule has 1 spiro atoms. The summed E-state index contributed by atoms with van der Waals surface area (Å²) in [7, 11) is 1.45. The summed E-state index contributed by atoms with van der Waals surface area (Å²) >= 11 is 0. The van der Waals surface area contributed by atoms with E-state index in [2.05, 4.69) is 21.9 Å². The van der Waals surface area contributed by atoms with Crippen LogP contribution in [0.4, 0.5) is 0 Å². The van der Waals surface area contributed by atoms with Crippen LogP contribution >= 0.6 is 24.0 Å². The molecule has 0 bridgehead atoms. The number of halogens is 1. The SMILES string of the molecule is CCNC(=NCCCCCC(=O)OC)N1CCC2(CCCCC2)C1.I. The molecule has 0 unspecified atom stereocenters. The first-order chi connectivity index (χ1) is 11.7.